The zero-order chi connectivity index (χ0) is 12.0. The van der Waals surface area contributed by atoms with Crippen LogP contribution < -0.4 is 4.74 Å². The summed E-state index contributed by atoms with van der Waals surface area (Å²) >= 11 is 3.44. The molecular formula is C12H11BrN2O. The molecule has 82 valence electrons. The Labute approximate surface area is 103 Å². The summed E-state index contributed by atoms with van der Waals surface area (Å²) in [5, 5.41) is 17.1. The van der Waals surface area contributed by atoms with E-state index >= 15 is 0 Å². The molecule has 1 unspecified atom stereocenters. The van der Waals surface area contributed by atoms with E-state index in [4.69, 9.17) is 15.3 Å². The molecule has 0 fully saturated rings. The molecule has 0 spiro atoms. The minimum Gasteiger partial charge on any atom is -0.479 e. The quantitative estimate of drug-likeness (QED) is 0.849. The molecule has 3 nitrogen and oxygen atoms in total. The van der Waals surface area contributed by atoms with Crippen LogP contribution in [-0.2, 0) is 0 Å². The van der Waals surface area contributed by atoms with Gasteiger partial charge < -0.3 is 4.74 Å². The summed E-state index contributed by atoms with van der Waals surface area (Å²) < 4.78 is 6.17. The molecular weight excluding hydrogens is 268 g/mol. The molecule has 0 aromatic heterocycles. The van der Waals surface area contributed by atoms with Crippen molar-refractivity contribution >= 4 is 15.9 Å². The Hall–Kier alpha value is -1.52. The van der Waals surface area contributed by atoms with Crippen LogP contribution in [0.1, 0.15) is 24.8 Å². The highest BCUT2D eigenvalue weighted by atomic mass is 79.9. The lowest BCUT2D eigenvalue weighted by Gasteiger charge is -2.12. The zero-order valence-electron chi connectivity index (χ0n) is 8.90. The smallest absolute Gasteiger partial charge is 0.174 e. The zero-order valence-corrected chi connectivity index (χ0v) is 10.5. The van der Waals surface area contributed by atoms with Gasteiger partial charge in [0.15, 0.2) is 6.61 Å². The lowest BCUT2D eigenvalue weighted by Crippen LogP contribution is -1.97. The average molecular weight is 279 g/mol. The number of rotatable bonds is 4. The Kier molecular flexibility index (Phi) is 4.82. The average Bonchev–Trinajstić information content (AvgIpc) is 2.28. The molecule has 0 N–H and O–H groups in total. The minimum atomic E-state index is 0.0354. The molecule has 4 heteroatoms. The number of benzene rings is 1. The van der Waals surface area contributed by atoms with E-state index in [0.717, 1.165) is 10.0 Å². The van der Waals surface area contributed by atoms with Crippen molar-refractivity contribution in [2.24, 2.45) is 0 Å². The first-order valence-corrected chi connectivity index (χ1v) is 5.64. The SMILES string of the molecule is CC(CC#N)c1cc(OCC#N)ccc1Br. The van der Waals surface area contributed by atoms with Gasteiger partial charge in [-0.1, -0.05) is 22.9 Å². The Balaban J connectivity index is 2.91. The topological polar surface area (TPSA) is 56.8 Å². The molecule has 0 saturated carbocycles. The minimum absolute atomic E-state index is 0.0354. The van der Waals surface area contributed by atoms with Crippen molar-refractivity contribution in [1.29, 1.82) is 10.5 Å². The molecule has 1 aromatic carbocycles. The second-order valence-corrected chi connectivity index (χ2v) is 4.25. The highest BCUT2D eigenvalue weighted by molar-refractivity contribution is 9.10. The van der Waals surface area contributed by atoms with E-state index < -0.39 is 0 Å². The van der Waals surface area contributed by atoms with E-state index in [1.54, 1.807) is 6.07 Å². The summed E-state index contributed by atoms with van der Waals surface area (Å²) in [7, 11) is 0. The van der Waals surface area contributed by atoms with Gasteiger partial charge in [-0.05, 0) is 29.7 Å². The second kappa shape index (κ2) is 6.15. The molecule has 0 bridgehead atoms. The van der Waals surface area contributed by atoms with Crippen molar-refractivity contribution in [3.63, 3.8) is 0 Å². The first-order chi connectivity index (χ1) is 7.69. The van der Waals surface area contributed by atoms with Crippen LogP contribution in [0.25, 0.3) is 0 Å². The van der Waals surface area contributed by atoms with Crippen LogP contribution in [0.5, 0.6) is 5.75 Å². The summed E-state index contributed by atoms with van der Waals surface area (Å²) in [5.41, 5.74) is 1.02. The summed E-state index contributed by atoms with van der Waals surface area (Å²) in [6, 6.07) is 9.59. The van der Waals surface area contributed by atoms with Crippen LogP contribution in [0.3, 0.4) is 0 Å². The van der Waals surface area contributed by atoms with E-state index in [1.807, 2.05) is 25.1 Å². The van der Waals surface area contributed by atoms with Crippen LogP contribution in [0.4, 0.5) is 0 Å². The first kappa shape index (κ1) is 12.5. The van der Waals surface area contributed by atoms with E-state index in [9.17, 15) is 0 Å². The van der Waals surface area contributed by atoms with E-state index in [1.165, 1.54) is 0 Å². The lowest BCUT2D eigenvalue weighted by molar-refractivity contribution is 0.367. The molecule has 1 rings (SSSR count). The van der Waals surface area contributed by atoms with Crippen molar-refractivity contribution < 1.29 is 4.74 Å². The van der Waals surface area contributed by atoms with Gasteiger partial charge in [0.1, 0.15) is 11.8 Å². The Bertz CT molecular complexity index is 445. The van der Waals surface area contributed by atoms with Gasteiger partial charge in [-0.25, -0.2) is 0 Å². The van der Waals surface area contributed by atoms with Gasteiger partial charge in [0.2, 0.25) is 0 Å². The lowest BCUT2D eigenvalue weighted by atomic mass is 9.98. The number of hydrogen-bond donors (Lipinski definition) is 0. The normalized spacial score (nSPS) is 11.2. The third-order valence-electron chi connectivity index (χ3n) is 2.20. The van der Waals surface area contributed by atoms with Gasteiger partial charge >= 0.3 is 0 Å². The van der Waals surface area contributed by atoms with Gasteiger partial charge in [0, 0.05) is 10.9 Å². The van der Waals surface area contributed by atoms with Crippen LogP contribution in [0, 0.1) is 22.7 Å². The van der Waals surface area contributed by atoms with Gasteiger partial charge in [-0.3, -0.25) is 0 Å². The highest BCUT2D eigenvalue weighted by Crippen LogP contribution is 2.30. The van der Waals surface area contributed by atoms with Crippen LogP contribution in [-0.4, -0.2) is 6.61 Å². The first-order valence-electron chi connectivity index (χ1n) is 4.85. The number of nitriles is 2. The predicted molar refractivity (Wildman–Crippen MR) is 63.9 cm³/mol. The summed E-state index contributed by atoms with van der Waals surface area (Å²) in [6.45, 7) is 2.02. The number of nitrogens with zero attached hydrogens (tertiary/aromatic N) is 2. The van der Waals surface area contributed by atoms with Crippen LogP contribution in [0.15, 0.2) is 22.7 Å². The highest BCUT2D eigenvalue weighted by Gasteiger charge is 2.10. The van der Waals surface area contributed by atoms with Crippen molar-refractivity contribution in [3.8, 4) is 17.9 Å². The maximum absolute atomic E-state index is 8.66. The summed E-state index contributed by atoms with van der Waals surface area (Å²) in [4.78, 5) is 0. The third kappa shape index (κ3) is 3.25. The summed E-state index contributed by atoms with van der Waals surface area (Å²) in [5.74, 6) is 0.801. The van der Waals surface area contributed by atoms with Crippen molar-refractivity contribution in [2.45, 2.75) is 19.3 Å². The fourth-order valence-corrected chi connectivity index (χ4v) is 1.99. The third-order valence-corrected chi connectivity index (χ3v) is 2.92. The maximum atomic E-state index is 8.66. The molecule has 0 heterocycles. The largest absolute Gasteiger partial charge is 0.479 e. The van der Waals surface area contributed by atoms with Crippen LogP contribution in [0.2, 0.25) is 0 Å². The molecule has 0 aliphatic carbocycles. The predicted octanol–water partition coefficient (Wildman–Crippen LogP) is 3.37. The second-order valence-electron chi connectivity index (χ2n) is 3.39. The Morgan fingerprint density at radius 3 is 2.75 bits per heavy atom. The van der Waals surface area contributed by atoms with Crippen molar-refractivity contribution in [2.75, 3.05) is 6.61 Å². The Morgan fingerprint density at radius 2 is 2.12 bits per heavy atom. The fraction of sp³-hybridized carbons (Fsp3) is 0.333. The van der Waals surface area contributed by atoms with Gasteiger partial charge in [0.25, 0.3) is 0 Å². The Morgan fingerprint density at radius 1 is 1.38 bits per heavy atom. The number of halogens is 1. The molecule has 1 atom stereocenters. The molecule has 1 aromatic rings. The fourth-order valence-electron chi connectivity index (χ4n) is 1.35. The molecule has 0 aliphatic heterocycles. The molecule has 0 radical (unpaired) electrons. The van der Waals surface area contributed by atoms with Crippen molar-refractivity contribution in [1.82, 2.24) is 0 Å². The van der Waals surface area contributed by atoms with Crippen LogP contribution >= 0.6 is 15.9 Å². The monoisotopic (exact) mass is 278 g/mol. The molecule has 16 heavy (non-hydrogen) atoms. The van der Waals surface area contributed by atoms with Crippen molar-refractivity contribution in [3.05, 3.63) is 28.2 Å². The van der Waals surface area contributed by atoms with E-state index in [2.05, 4.69) is 22.0 Å². The van der Waals surface area contributed by atoms with Gasteiger partial charge in [-0.15, -0.1) is 0 Å². The number of ether oxygens (including phenoxy) is 1. The number of hydrogen-bond acceptors (Lipinski definition) is 3. The van der Waals surface area contributed by atoms with Gasteiger partial charge in [-0.2, -0.15) is 10.5 Å². The van der Waals surface area contributed by atoms with E-state index in [-0.39, 0.29) is 12.5 Å². The standard InChI is InChI=1S/C12H11BrN2O/c1-9(4-5-14)11-8-10(16-7-6-15)2-3-12(11)13/h2-3,8-9H,4,7H2,1H3. The van der Waals surface area contributed by atoms with E-state index in [0.29, 0.717) is 12.2 Å². The maximum Gasteiger partial charge on any atom is 0.174 e. The molecule has 0 saturated heterocycles. The molecule has 0 aliphatic rings. The summed E-state index contributed by atoms with van der Waals surface area (Å²) in [6.07, 6.45) is 0.459. The van der Waals surface area contributed by atoms with Gasteiger partial charge in [0.05, 0.1) is 6.07 Å². The molecule has 0 amide bonds.